The number of hydrogen-bond donors (Lipinski definition) is 4. The van der Waals surface area contributed by atoms with E-state index >= 15 is 0 Å². The summed E-state index contributed by atoms with van der Waals surface area (Å²) >= 11 is 0. The molecule has 0 radical (unpaired) electrons. The van der Waals surface area contributed by atoms with Crippen molar-refractivity contribution in [3.63, 3.8) is 0 Å². The molecule has 0 aliphatic heterocycles. The number of phenolic OH excluding ortho intramolecular Hbond substituents is 2. The summed E-state index contributed by atoms with van der Waals surface area (Å²) in [7, 11) is -4.62. The second-order valence-electron chi connectivity index (χ2n) is 5.70. The quantitative estimate of drug-likeness (QED) is 0.583. The van der Waals surface area contributed by atoms with E-state index in [0.29, 0.717) is 0 Å². The van der Waals surface area contributed by atoms with Crippen LogP contribution in [-0.2, 0) is 22.7 Å². The second-order valence-corrected chi connectivity index (χ2v) is 7.52. The van der Waals surface area contributed by atoms with Gasteiger partial charge in [0.15, 0.2) is 0 Å². The lowest BCUT2D eigenvalue weighted by atomic mass is 10.0. The van der Waals surface area contributed by atoms with E-state index in [1.807, 2.05) is 0 Å². The first-order valence-electron chi connectivity index (χ1n) is 7.99. The van der Waals surface area contributed by atoms with Gasteiger partial charge in [-0.2, -0.15) is 0 Å². The van der Waals surface area contributed by atoms with E-state index < -0.39 is 43.1 Å². The molecule has 0 aromatic heterocycles. The van der Waals surface area contributed by atoms with Crippen molar-refractivity contribution in [3.05, 3.63) is 46.5 Å². The Morgan fingerprint density at radius 1 is 0.778 bits per heavy atom. The minimum Gasteiger partial charge on any atom is -0.507 e. The zero-order chi connectivity index (χ0) is 20.5. The van der Waals surface area contributed by atoms with Gasteiger partial charge in [-0.15, -0.1) is 0 Å². The molecular weight excluding hydrogens is 376 g/mol. The van der Waals surface area contributed by atoms with Crippen LogP contribution in [-0.4, -0.2) is 40.8 Å². The third-order valence-electron chi connectivity index (χ3n) is 4.18. The molecule has 8 nitrogen and oxygen atoms in total. The first kappa shape index (κ1) is 20.2. The number of aromatic hydroxyl groups is 2. The summed E-state index contributed by atoms with van der Waals surface area (Å²) in [4.78, 5) is 21.6. The molecule has 0 saturated carbocycles. The Bertz CT molecular complexity index is 960. The Morgan fingerprint density at radius 3 is 1.37 bits per heavy atom. The van der Waals surface area contributed by atoms with Crippen molar-refractivity contribution in [3.8, 4) is 11.5 Å². The number of rotatable bonds is 6. The van der Waals surface area contributed by atoms with Crippen LogP contribution in [0.1, 0.15) is 45.7 Å². The summed E-state index contributed by atoms with van der Waals surface area (Å²) in [6.45, 7) is 3.04. The zero-order valence-corrected chi connectivity index (χ0v) is 15.4. The highest BCUT2D eigenvalue weighted by atomic mass is 32.2. The van der Waals surface area contributed by atoms with Crippen LogP contribution < -0.4 is 0 Å². The highest BCUT2D eigenvalue weighted by Crippen LogP contribution is 2.40. The van der Waals surface area contributed by atoms with Crippen LogP contribution in [0.3, 0.4) is 0 Å². The first-order chi connectivity index (χ1) is 12.6. The third-order valence-corrected chi connectivity index (χ3v) is 6.17. The molecule has 9 heteroatoms. The monoisotopic (exact) mass is 394 g/mol. The van der Waals surface area contributed by atoms with Gasteiger partial charge in [-0.05, 0) is 48.2 Å². The number of carboxylic acid groups (broad SMARTS) is 2. The van der Waals surface area contributed by atoms with E-state index in [1.165, 1.54) is 13.8 Å². The van der Waals surface area contributed by atoms with E-state index in [0.717, 1.165) is 24.3 Å². The molecule has 0 fully saturated rings. The van der Waals surface area contributed by atoms with E-state index in [1.54, 1.807) is 0 Å². The van der Waals surface area contributed by atoms with Gasteiger partial charge in [0.25, 0.3) is 0 Å². The first-order valence-corrected chi connectivity index (χ1v) is 9.47. The average Bonchev–Trinajstić information content (AvgIpc) is 2.59. The van der Waals surface area contributed by atoms with Crippen molar-refractivity contribution in [1.29, 1.82) is 0 Å². The molecule has 0 aliphatic carbocycles. The molecule has 0 heterocycles. The van der Waals surface area contributed by atoms with Crippen molar-refractivity contribution in [2.24, 2.45) is 0 Å². The van der Waals surface area contributed by atoms with Gasteiger partial charge in [-0.25, -0.2) is 18.0 Å². The number of sulfone groups is 1. The average molecular weight is 394 g/mol. The van der Waals surface area contributed by atoms with Crippen molar-refractivity contribution in [2.75, 3.05) is 0 Å². The lowest BCUT2D eigenvalue weighted by Gasteiger charge is -2.17. The summed E-state index contributed by atoms with van der Waals surface area (Å²) in [6, 6.07) is 4.06. The number of carbonyl (C=O) groups is 2. The molecule has 0 amide bonds. The van der Waals surface area contributed by atoms with E-state index in [-0.39, 0.29) is 35.1 Å². The van der Waals surface area contributed by atoms with Gasteiger partial charge < -0.3 is 20.4 Å². The Morgan fingerprint density at radius 2 is 1.11 bits per heavy atom. The van der Waals surface area contributed by atoms with E-state index in [2.05, 4.69) is 0 Å². The number of phenols is 2. The zero-order valence-electron chi connectivity index (χ0n) is 14.6. The fourth-order valence-electron chi connectivity index (χ4n) is 3.04. The van der Waals surface area contributed by atoms with Gasteiger partial charge in [0, 0.05) is 0 Å². The fraction of sp³-hybridized carbons (Fsp3) is 0.222. The Kier molecular flexibility index (Phi) is 5.46. The molecule has 144 valence electrons. The van der Waals surface area contributed by atoms with Crippen molar-refractivity contribution in [1.82, 2.24) is 0 Å². The number of benzene rings is 2. The molecule has 0 bridgehead atoms. The maximum atomic E-state index is 13.3. The number of hydrogen-bond acceptors (Lipinski definition) is 6. The van der Waals surface area contributed by atoms with Crippen LogP contribution in [0.5, 0.6) is 11.5 Å². The highest BCUT2D eigenvalue weighted by molar-refractivity contribution is 7.91. The molecular formula is C18H18O8S. The maximum Gasteiger partial charge on any atom is 0.336 e. The summed E-state index contributed by atoms with van der Waals surface area (Å²) in [5, 5.41) is 39.0. The topological polar surface area (TPSA) is 149 Å². The van der Waals surface area contributed by atoms with E-state index in [4.69, 9.17) is 0 Å². The minimum atomic E-state index is -4.62. The molecule has 2 rings (SSSR count). The van der Waals surface area contributed by atoms with Crippen LogP contribution in [0, 0.1) is 0 Å². The minimum absolute atomic E-state index is 0.0224. The molecule has 0 saturated heterocycles. The smallest absolute Gasteiger partial charge is 0.336 e. The molecule has 0 unspecified atom stereocenters. The van der Waals surface area contributed by atoms with Gasteiger partial charge in [0.2, 0.25) is 9.84 Å². The van der Waals surface area contributed by atoms with Crippen LogP contribution in [0.25, 0.3) is 0 Å². The third kappa shape index (κ3) is 3.33. The van der Waals surface area contributed by atoms with Crippen molar-refractivity contribution < 1.29 is 38.4 Å². The second kappa shape index (κ2) is 7.28. The van der Waals surface area contributed by atoms with Gasteiger partial charge >= 0.3 is 11.9 Å². The lowest BCUT2D eigenvalue weighted by Crippen LogP contribution is -2.14. The van der Waals surface area contributed by atoms with Gasteiger partial charge in [-0.1, -0.05) is 13.8 Å². The SMILES string of the molecule is CCc1c(C(=O)O)ccc(O)c1S(=O)(=O)c1c(O)ccc(C(=O)O)c1CC. The van der Waals surface area contributed by atoms with E-state index in [9.17, 15) is 38.4 Å². The molecule has 0 aliphatic rings. The highest BCUT2D eigenvalue weighted by Gasteiger charge is 2.33. The Balaban J connectivity index is 2.98. The van der Waals surface area contributed by atoms with Crippen LogP contribution >= 0.6 is 0 Å². The van der Waals surface area contributed by atoms with Gasteiger partial charge in [0.05, 0.1) is 11.1 Å². The summed E-state index contributed by atoms with van der Waals surface area (Å²) in [5.41, 5.74) is -0.879. The molecule has 2 aromatic rings. The Labute approximate surface area is 155 Å². The van der Waals surface area contributed by atoms with Gasteiger partial charge in [-0.3, -0.25) is 0 Å². The molecule has 27 heavy (non-hydrogen) atoms. The van der Waals surface area contributed by atoms with Crippen molar-refractivity contribution >= 4 is 21.8 Å². The largest absolute Gasteiger partial charge is 0.507 e. The van der Waals surface area contributed by atoms with Gasteiger partial charge in [0.1, 0.15) is 21.3 Å². The molecule has 0 spiro atoms. The number of carboxylic acids is 2. The normalized spacial score (nSPS) is 11.3. The Hall–Kier alpha value is -3.07. The summed E-state index contributed by atoms with van der Waals surface area (Å²) in [6.07, 6.45) is -0.0448. The lowest BCUT2D eigenvalue weighted by molar-refractivity contribution is 0.0684. The summed E-state index contributed by atoms with van der Waals surface area (Å²) < 4.78 is 26.6. The predicted molar refractivity (Wildman–Crippen MR) is 94.3 cm³/mol. The molecule has 4 N–H and O–H groups in total. The maximum absolute atomic E-state index is 13.3. The fourth-order valence-corrected chi connectivity index (χ4v) is 5.08. The molecule has 2 aromatic carbocycles. The summed E-state index contributed by atoms with van der Waals surface area (Å²) in [5.74, 6) is -4.11. The van der Waals surface area contributed by atoms with Crippen LogP contribution in [0.2, 0.25) is 0 Å². The van der Waals surface area contributed by atoms with Crippen molar-refractivity contribution in [2.45, 2.75) is 36.5 Å². The van der Waals surface area contributed by atoms with Crippen LogP contribution in [0.15, 0.2) is 34.1 Å². The number of aromatic carboxylic acids is 2. The van der Waals surface area contributed by atoms with Crippen LogP contribution in [0.4, 0.5) is 0 Å². The standard InChI is InChI=1S/C18H18O8S/c1-3-9-11(17(21)22)5-7-13(19)15(9)27(25,26)16-10(4-2)12(18(23)24)6-8-14(16)20/h5-8,19-20H,3-4H2,1-2H3,(H,21,22)(H,23,24). The molecule has 0 atom stereocenters. The predicted octanol–water partition coefficient (Wildman–Crippen LogP) is 2.45.